The van der Waals surface area contributed by atoms with Gasteiger partial charge in [-0.05, 0) is 19.9 Å². The number of hydrogen-bond donors (Lipinski definition) is 0. The monoisotopic (exact) mass is 203 g/mol. The highest BCUT2D eigenvalue weighted by Gasteiger charge is 2.04. The molecule has 0 fully saturated rings. The van der Waals surface area contributed by atoms with Gasteiger partial charge >= 0.3 is 0 Å². The van der Waals surface area contributed by atoms with Crippen LogP contribution in [0.5, 0.6) is 5.75 Å². The second kappa shape index (κ2) is 4.01. The quantitative estimate of drug-likeness (QED) is 0.715. The molecule has 0 amide bonds. The third-order valence-electron chi connectivity index (χ3n) is 1.18. The van der Waals surface area contributed by atoms with Gasteiger partial charge in [0.25, 0.3) is 0 Å². The number of halogens is 2. The Hall–Kier alpha value is -0.400. The molecule has 0 saturated heterocycles. The molecule has 0 aliphatic heterocycles. The Morgan fingerprint density at radius 1 is 1.42 bits per heavy atom. The van der Waals surface area contributed by atoms with Crippen LogP contribution in [0.1, 0.15) is 13.8 Å². The molecular formula is C9H9Cl2O. The summed E-state index contributed by atoms with van der Waals surface area (Å²) >= 11 is 11.5. The van der Waals surface area contributed by atoms with Crippen molar-refractivity contribution >= 4 is 23.2 Å². The molecule has 3 heteroatoms. The number of ether oxygens (including phenoxy) is 1. The van der Waals surface area contributed by atoms with Gasteiger partial charge in [-0.1, -0.05) is 23.2 Å². The van der Waals surface area contributed by atoms with E-state index in [2.05, 4.69) is 6.07 Å². The molecule has 1 aromatic carbocycles. The lowest BCUT2D eigenvalue weighted by Gasteiger charge is -2.10. The first-order chi connectivity index (χ1) is 5.59. The van der Waals surface area contributed by atoms with Crippen molar-refractivity contribution in [1.82, 2.24) is 0 Å². The fourth-order valence-electron chi connectivity index (χ4n) is 0.773. The van der Waals surface area contributed by atoms with Gasteiger partial charge in [-0.2, -0.15) is 0 Å². The maximum atomic E-state index is 5.80. The summed E-state index contributed by atoms with van der Waals surface area (Å²) < 4.78 is 5.38. The molecule has 1 nitrogen and oxygen atoms in total. The molecule has 0 saturated carbocycles. The minimum atomic E-state index is 0.0920. The molecule has 65 valence electrons. The van der Waals surface area contributed by atoms with Crippen molar-refractivity contribution in [3.05, 3.63) is 28.2 Å². The smallest absolute Gasteiger partial charge is 0.140 e. The van der Waals surface area contributed by atoms with Crippen LogP contribution in [0.25, 0.3) is 0 Å². The first-order valence-electron chi connectivity index (χ1n) is 3.63. The lowest BCUT2D eigenvalue weighted by molar-refractivity contribution is 0.242. The predicted molar refractivity (Wildman–Crippen MR) is 51.1 cm³/mol. The van der Waals surface area contributed by atoms with Crippen LogP contribution < -0.4 is 4.74 Å². The average Bonchev–Trinajstić information content (AvgIpc) is 1.96. The minimum Gasteiger partial charge on any atom is -0.489 e. The number of hydrogen-bond acceptors (Lipinski definition) is 1. The van der Waals surface area contributed by atoms with Crippen molar-refractivity contribution < 1.29 is 4.74 Å². The highest BCUT2D eigenvalue weighted by atomic mass is 35.5. The van der Waals surface area contributed by atoms with E-state index in [1.165, 1.54) is 0 Å². The van der Waals surface area contributed by atoms with Crippen molar-refractivity contribution in [1.29, 1.82) is 0 Å². The van der Waals surface area contributed by atoms with E-state index in [1.807, 2.05) is 13.8 Å². The van der Waals surface area contributed by atoms with Crippen LogP contribution >= 0.6 is 23.2 Å². The molecule has 12 heavy (non-hydrogen) atoms. The predicted octanol–water partition coefficient (Wildman–Crippen LogP) is 3.58. The molecule has 0 bridgehead atoms. The van der Waals surface area contributed by atoms with E-state index < -0.39 is 0 Å². The lowest BCUT2D eigenvalue weighted by atomic mass is 10.3. The van der Waals surface area contributed by atoms with Crippen LogP contribution in [-0.4, -0.2) is 6.10 Å². The zero-order valence-electron chi connectivity index (χ0n) is 6.90. The second-order valence-electron chi connectivity index (χ2n) is 2.66. The normalized spacial score (nSPS) is 10.4. The molecule has 0 spiro atoms. The van der Waals surface area contributed by atoms with Crippen LogP contribution in [0.2, 0.25) is 10.0 Å². The van der Waals surface area contributed by atoms with E-state index in [9.17, 15) is 0 Å². The Bertz CT molecular complexity index is 271. The van der Waals surface area contributed by atoms with E-state index >= 15 is 0 Å². The molecule has 1 aromatic rings. The SMILES string of the molecule is CC(C)Oc1cc(Cl)c[c]c1Cl. The van der Waals surface area contributed by atoms with Gasteiger partial charge in [-0.15, -0.1) is 0 Å². The minimum absolute atomic E-state index is 0.0920. The fraction of sp³-hybridized carbons (Fsp3) is 0.333. The summed E-state index contributed by atoms with van der Waals surface area (Å²) in [4.78, 5) is 0. The van der Waals surface area contributed by atoms with Gasteiger partial charge in [0.2, 0.25) is 0 Å². The molecule has 1 radical (unpaired) electrons. The maximum Gasteiger partial charge on any atom is 0.140 e. The van der Waals surface area contributed by atoms with Crippen LogP contribution in [0, 0.1) is 6.07 Å². The van der Waals surface area contributed by atoms with Gasteiger partial charge in [0, 0.05) is 17.2 Å². The summed E-state index contributed by atoms with van der Waals surface area (Å²) in [7, 11) is 0. The van der Waals surface area contributed by atoms with Crippen LogP contribution in [0.15, 0.2) is 12.1 Å². The zero-order chi connectivity index (χ0) is 9.14. The third-order valence-corrected chi connectivity index (χ3v) is 1.70. The molecule has 0 atom stereocenters. The summed E-state index contributed by atoms with van der Waals surface area (Å²) in [5, 5.41) is 1.04. The van der Waals surface area contributed by atoms with Gasteiger partial charge in [-0.25, -0.2) is 0 Å². The molecule has 0 unspecified atom stereocenters. The van der Waals surface area contributed by atoms with Crippen LogP contribution in [-0.2, 0) is 0 Å². The Balaban J connectivity index is 2.90. The number of rotatable bonds is 2. The van der Waals surface area contributed by atoms with Gasteiger partial charge in [-0.3, -0.25) is 0 Å². The summed E-state index contributed by atoms with van der Waals surface area (Å²) in [6.45, 7) is 3.86. The van der Waals surface area contributed by atoms with E-state index in [0.717, 1.165) is 0 Å². The summed E-state index contributed by atoms with van der Waals surface area (Å²) in [6.07, 6.45) is 0.0920. The average molecular weight is 204 g/mol. The van der Waals surface area contributed by atoms with Gasteiger partial charge in [0.15, 0.2) is 0 Å². The van der Waals surface area contributed by atoms with Crippen molar-refractivity contribution in [2.24, 2.45) is 0 Å². The highest BCUT2D eigenvalue weighted by Crippen LogP contribution is 2.27. The highest BCUT2D eigenvalue weighted by molar-refractivity contribution is 6.34. The largest absolute Gasteiger partial charge is 0.489 e. The Morgan fingerprint density at radius 3 is 2.67 bits per heavy atom. The first-order valence-corrected chi connectivity index (χ1v) is 4.38. The molecule has 1 rings (SSSR count). The Kier molecular flexibility index (Phi) is 3.24. The van der Waals surface area contributed by atoms with E-state index in [0.29, 0.717) is 15.8 Å². The van der Waals surface area contributed by atoms with E-state index in [4.69, 9.17) is 27.9 Å². The zero-order valence-corrected chi connectivity index (χ0v) is 8.41. The maximum absolute atomic E-state index is 5.80. The van der Waals surface area contributed by atoms with Crippen molar-refractivity contribution in [2.75, 3.05) is 0 Å². The van der Waals surface area contributed by atoms with Crippen molar-refractivity contribution in [3.63, 3.8) is 0 Å². The second-order valence-corrected chi connectivity index (χ2v) is 3.48. The summed E-state index contributed by atoms with van der Waals surface area (Å²) in [5.41, 5.74) is 0. The number of benzene rings is 1. The van der Waals surface area contributed by atoms with Crippen LogP contribution in [0.4, 0.5) is 0 Å². The van der Waals surface area contributed by atoms with Crippen molar-refractivity contribution in [3.8, 4) is 5.75 Å². The Morgan fingerprint density at radius 2 is 2.08 bits per heavy atom. The molecule has 0 aliphatic carbocycles. The van der Waals surface area contributed by atoms with E-state index in [1.54, 1.807) is 12.1 Å². The molecule has 0 aliphatic rings. The summed E-state index contributed by atoms with van der Waals surface area (Å²) in [5.74, 6) is 0.583. The Labute approximate surface area is 82.2 Å². The molecule has 0 heterocycles. The molecular weight excluding hydrogens is 195 g/mol. The summed E-state index contributed by atoms with van der Waals surface area (Å²) in [6, 6.07) is 6.07. The lowest BCUT2D eigenvalue weighted by Crippen LogP contribution is -2.05. The fourth-order valence-corrected chi connectivity index (χ4v) is 1.08. The van der Waals surface area contributed by atoms with Crippen LogP contribution in [0.3, 0.4) is 0 Å². The van der Waals surface area contributed by atoms with Gasteiger partial charge in [0.05, 0.1) is 11.1 Å². The standard InChI is InChI=1S/C9H9Cl2O/c1-6(2)12-9-5-7(10)3-4-8(9)11/h3,5-6H,1-2H3. The molecule has 0 aromatic heterocycles. The third kappa shape index (κ3) is 2.58. The van der Waals surface area contributed by atoms with Crippen molar-refractivity contribution in [2.45, 2.75) is 20.0 Å². The topological polar surface area (TPSA) is 9.23 Å². The first kappa shape index (κ1) is 9.69. The molecule has 0 N–H and O–H groups in total. The van der Waals surface area contributed by atoms with E-state index in [-0.39, 0.29) is 6.10 Å². The van der Waals surface area contributed by atoms with Gasteiger partial charge in [0.1, 0.15) is 5.75 Å². The van der Waals surface area contributed by atoms with Gasteiger partial charge < -0.3 is 4.74 Å².